The fourth-order valence-electron chi connectivity index (χ4n) is 4.39. The lowest BCUT2D eigenvalue weighted by Gasteiger charge is -2.38. The Morgan fingerprint density at radius 2 is 1.72 bits per heavy atom. The minimum Gasteiger partial charge on any atom is -0.493 e. The van der Waals surface area contributed by atoms with Crippen molar-refractivity contribution in [2.75, 3.05) is 20.8 Å². The van der Waals surface area contributed by atoms with E-state index in [0.29, 0.717) is 6.04 Å². The van der Waals surface area contributed by atoms with E-state index in [2.05, 4.69) is 36.1 Å². The number of halogens is 1. The van der Waals surface area contributed by atoms with Crippen molar-refractivity contribution >= 4 is 11.6 Å². The average Bonchev–Trinajstić information content (AvgIpc) is 2.75. The van der Waals surface area contributed by atoms with Crippen molar-refractivity contribution in [3.05, 3.63) is 58.1 Å². The molecule has 0 N–H and O–H groups in total. The Kier molecular flexibility index (Phi) is 8.26. The van der Waals surface area contributed by atoms with E-state index in [1.165, 1.54) is 48.8 Å². The molecule has 3 nitrogen and oxygen atoms in total. The van der Waals surface area contributed by atoms with Crippen molar-refractivity contribution in [1.82, 2.24) is 4.90 Å². The number of rotatable bonds is 10. The molecule has 0 amide bonds. The van der Waals surface area contributed by atoms with Gasteiger partial charge >= 0.3 is 0 Å². The highest BCUT2D eigenvalue weighted by Crippen LogP contribution is 2.41. The Labute approximate surface area is 181 Å². The number of methoxy groups -OCH3 is 2. The number of hydrogen-bond acceptors (Lipinski definition) is 3. The van der Waals surface area contributed by atoms with E-state index in [-0.39, 0.29) is 0 Å². The first-order chi connectivity index (χ1) is 14.2. The molecule has 1 aliphatic rings. The Balaban J connectivity index is 1.85. The van der Waals surface area contributed by atoms with Gasteiger partial charge in [0.05, 0.1) is 14.2 Å². The molecule has 0 spiro atoms. The van der Waals surface area contributed by atoms with Crippen LogP contribution in [-0.2, 0) is 13.0 Å². The van der Waals surface area contributed by atoms with Crippen molar-refractivity contribution in [1.29, 1.82) is 0 Å². The monoisotopic (exact) mass is 415 g/mol. The summed E-state index contributed by atoms with van der Waals surface area (Å²) in [7, 11) is 3.43. The van der Waals surface area contributed by atoms with E-state index in [9.17, 15) is 0 Å². The third-order valence-corrected chi connectivity index (χ3v) is 6.39. The molecule has 0 saturated heterocycles. The van der Waals surface area contributed by atoms with Crippen LogP contribution < -0.4 is 9.47 Å². The molecule has 1 unspecified atom stereocenters. The number of hydrogen-bond donors (Lipinski definition) is 0. The summed E-state index contributed by atoms with van der Waals surface area (Å²) in [5.41, 5.74) is 3.97. The predicted molar refractivity (Wildman–Crippen MR) is 121 cm³/mol. The number of benzene rings is 2. The maximum atomic E-state index is 6.48. The van der Waals surface area contributed by atoms with Crippen molar-refractivity contribution in [3.63, 3.8) is 0 Å². The van der Waals surface area contributed by atoms with Gasteiger partial charge in [-0.3, -0.25) is 4.90 Å². The fourth-order valence-corrected chi connectivity index (χ4v) is 4.59. The summed E-state index contributed by atoms with van der Waals surface area (Å²) in [5.74, 6) is 1.65. The molecule has 1 atom stereocenters. The van der Waals surface area contributed by atoms with Crippen LogP contribution in [0.4, 0.5) is 0 Å². The molecule has 2 aromatic carbocycles. The first-order valence-electron chi connectivity index (χ1n) is 10.9. The minimum absolute atomic E-state index is 0.386. The molecule has 0 bridgehead atoms. The third kappa shape index (κ3) is 5.46. The maximum absolute atomic E-state index is 6.48. The van der Waals surface area contributed by atoms with E-state index in [0.717, 1.165) is 42.5 Å². The molecule has 4 heteroatoms. The van der Waals surface area contributed by atoms with Crippen LogP contribution in [0.2, 0.25) is 5.02 Å². The summed E-state index contributed by atoms with van der Waals surface area (Å²) in [6, 6.07) is 13.0. The number of fused-ring (bicyclic) bond motifs is 1. The molecular formula is C25H34ClNO2. The molecule has 2 aromatic rings. The third-order valence-electron chi connectivity index (χ3n) is 6.03. The Morgan fingerprint density at radius 1 is 1.00 bits per heavy atom. The van der Waals surface area contributed by atoms with Crippen molar-refractivity contribution in [2.45, 2.75) is 64.5 Å². The van der Waals surface area contributed by atoms with Gasteiger partial charge in [0.25, 0.3) is 0 Å². The summed E-state index contributed by atoms with van der Waals surface area (Å²) in [5, 5.41) is 0.854. The molecule has 1 heterocycles. The summed E-state index contributed by atoms with van der Waals surface area (Å²) < 4.78 is 11.2. The highest BCUT2D eigenvalue weighted by molar-refractivity contribution is 6.31. The summed E-state index contributed by atoms with van der Waals surface area (Å²) in [6.07, 6.45) is 8.66. The maximum Gasteiger partial charge on any atom is 0.161 e. The SMILES string of the molecule is CCCCCCCC1c2cc(OC)c(OC)cc2CCN1Cc1ccccc1Cl. The van der Waals surface area contributed by atoms with Crippen LogP contribution in [0.25, 0.3) is 0 Å². The minimum atomic E-state index is 0.386. The molecule has 0 saturated carbocycles. The summed E-state index contributed by atoms with van der Waals surface area (Å²) in [4.78, 5) is 2.59. The Morgan fingerprint density at radius 3 is 2.45 bits per heavy atom. The van der Waals surface area contributed by atoms with E-state index in [4.69, 9.17) is 21.1 Å². The van der Waals surface area contributed by atoms with Crippen LogP contribution in [0.3, 0.4) is 0 Å². The predicted octanol–water partition coefficient (Wildman–Crippen LogP) is 6.82. The van der Waals surface area contributed by atoms with Crippen LogP contribution in [-0.4, -0.2) is 25.7 Å². The van der Waals surface area contributed by atoms with E-state index >= 15 is 0 Å². The zero-order valence-electron chi connectivity index (χ0n) is 18.0. The molecule has 0 fully saturated rings. The quantitative estimate of drug-likeness (QED) is 0.397. The Hall–Kier alpha value is -1.71. The molecule has 0 aliphatic carbocycles. The molecule has 0 radical (unpaired) electrons. The number of ether oxygens (including phenoxy) is 2. The Bertz CT molecular complexity index is 792. The van der Waals surface area contributed by atoms with Gasteiger partial charge in [-0.2, -0.15) is 0 Å². The average molecular weight is 416 g/mol. The molecule has 29 heavy (non-hydrogen) atoms. The van der Waals surface area contributed by atoms with Gasteiger partial charge in [0.15, 0.2) is 11.5 Å². The van der Waals surface area contributed by atoms with Gasteiger partial charge in [-0.25, -0.2) is 0 Å². The second-order valence-electron chi connectivity index (χ2n) is 7.94. The van der Waals surface area contributed by atoms with Crippen molar-refractivity contribution in [2.24, 2.45) is 0 Å². The summed E-state index contributed by atoms with van der Waals surface area (Å²) in [6.45, 7) is 4.18. The molecule has 1 aliphatic heterocycles. The first-order valence-corrected chi connectivity index (χ1v) is 11.3. The zero-order valence-corrected chi connectivity index (χ0v) is 18.8. The highest BCUT2D eigenvalue weighted by Gasteiger charge is 2.29. The van der Waals surface area contributed by atoms with Gasteiger partial charge in [0.1, 0.15) is 0 Å². The first kappa shape index (κ1) is 22.0. The van der Waals surface area contributed by atoms with Crippen LogP contribution >= 0.6 is 11.6 Å². The second kappa shape index (κ2) is 10.9. The lowest BCUT2D eigenvalue weighted by Crippen LogP contribution is -2.35. The topological polar surface area (TPSA) is 21.7 Å². The molecule has 158 valence electrons. The normalized spacial score (nSPS) is 16.5. The van der Waals surface area contributed by atoms with Gasteiger partial charge in [-0.15, -0.1) is 0 Å². The fraction of sp³-hybridized carbons (Fsp3) is 0.520. The van der Waals surface area contributed by atoms with E-state index in [1.807, 2.05) is 12.1 Å². The van der Waals surface area contributed by atoms with Crippen molar-refractivity contribution < 1.29 is 9.47 Å². The molecular weight excluding hydrogens is 382 g/mol. The van der Waals surface area contributed by atoms with Gasteiger partial charge in [0, 0.05) is 24.2 Å². The van der Waals surface area contributed by atoms with E-state index < -0.39 is 0 Å². The van der Waals surface area contributed by atoms with Gasteiger partial charge in [-0.05, 0) is 47.7 Å². The lowest BCUT2D eigenvalue weighted by molar-refractivity contribution is 0.163. The van der Waals surface area contributed by atoms with Crippen LogP contribution in [0, 0.1) is 0 Å². The second-order valence-corrected chi connectivity index (χ2v) is 8.34. The van der Waals surface area contributed by atoms with Crippen LogP contribution in [0.15, 0.2) is 36.4 Å². The standard InChI is InChI=1S/C25H34ClNO2/c1-4-5-6-7-8-13-23-21-17-25(29-3)24(28-2)16-19(21)14-15-27(23)18-20-11-9-10-12-22(20)26/h9-12,16-17,23H,4-8,13-15,18H2,1-3H3. The number of nitrogens with zero attached hydrogens (tertiary/aromatic N) is 1. The largest absolute Gasteiger partial charge is 0.493 e. The smallest absolute Gasteiger partial charge is 0.161 e. The highest BCUT2D eigenvalue weighted by atomic mass is 35.5. The van der Waals surface area contributed by atoms with Crippen LogP contribution in [0.1, 0.15) is 68.2 Å². The van der Waals surface area contributed by atoms with Gasteiger partial charge < -0.3 is 9.47 Å². The van der Waals surface area contributed by atoms with Crippen LogP contribution in [0.5, 0.6) is 11.5 Å². The van der Waals surface area contributed by atoms with Gasteiger partial charge in [-0.1, -0.05) is 68.8 Å². The lowest BCUT2D eigenvalue weighted by atomic mass is 9.88. The zero-order chi connectivity index (χ0) is 20.6. The molecule has 3 rings (SSSR count). The number of unbranched alkanes of at least 4 members (excludes halogenated alkanes) is 4. The van der Waals surface area contributed by atoms with Crippen molar-refractivity contribution in [3.8, 4) is 11.5 Å². The van der Waals surface area contributed by atoms with Gasteiger partial charge in [0.2, 0.25) is 0 Å². The molecule has 0 aromatic heterocycles. The van der Waals surface area contributed by atoms with E-state index in [1.54, 1.807) is 14.2 Å². The summed E-state index contributed by atoms with van der Waals surface area (Å²) >= 11 is 6.48.